The van der Waals surface area contributed by atoms with E-state index in [0.717, 1.165) is 22.5 Å². The third kappa shape index (κ3) is 4.58. The van der Waals surface area contributed by atoms with Crippen molar-refractivity contribution in [3.63, 3.8) is 0 Å². The topological polar surface area (TPSA) is 58.5 Å². The van der Waals surface area contributed by atoms with Crippen LogP contribution in [0.3, 0.4) is 0 Å². The van der Waals surface area contributed by atoms with E-state index in [4.69, 9.17) is 4.65 Å². The van der Waals surface area contributed by atoms with Crippen LogP contribution in [0.1, 0.15) is 27.7 Å². The molecule has 1 N–H and O–H groups in total. The third-order valence-electron chi connectivity index (χ3n) is 5.11. The van der Waals surface area contributed by atoms with Crippen LogP contribution in [-0.4, -0.2) is 33.8 Å². The monoisotopic (exact) mass is 375 g/mol. The lowest BCUT2D eigenvalue weighted by Crippen LogP contribution is -2.49. The first-order valence-electron chi connectivity index (χ1n) is 9.33. The van der Waals surface area contributed by atoms with Gasteiger partial charge in [0, 0.05) is 41.8 Å². The van der Waals surface area contributed by atoms with Crippen LogP contribution >= 0.6 is 0 Å². The zero-order valence-corrected chi connectivity index (χ0v) is 16.8. The maximum absolute atomic E-state index is 10.3. The molecule has 0 radical (unpaired) electrons. The van der Waals surface area contributed by atoms with Gasteiger partial charge in [0.1, 0.15) is 0 Å². The lowest BCUT2D eigenvalue weighted by Gasteiger charge is -2.37. The van der Waals surface area contributed by atoms with Gasteiger partial charge in [-0.1, -0.05) is 17.6 Å². The highest BCUT2D eigenvalue weighted by atomic mass is 16.5. The maximum atomic E-state index is 10.3. The lowest BCUT2D eigenvalue weighted by molar-refractivity contribution is -0.0893. The van der Waals surface area contributed by atoms with E-state index in [1.165, 1.54) is 0 Å². The summed E-state index contributed by atoms with van der Waals surface area (Å²) in [6.07, 6.45) is 7.13. The molecule has 0 amide bonds. The van der Waals surface area contributed by atoms with Gasteiger partial charge in [-0.15, -0.1) is 0 Å². The lowest BCUT2D eigenvalue weighted by atomic mass is 9.82. The first-order valence-corrected chi connectivity index (χ1v) is 9.33. The van der Waals surface area contributed by atoms with Gasteiger partial charge >= 0.3 is 7.48 Å². The van der Waals surface area contributed by atoms with E-state index in [0.29, 0.717) is 7.48 Å². The van der Waals surface area contributed by atoms with Crippen molar-refractivity contribution in [1.29, 1.82) is 0 Å². The highest BCUT2D eigenvalue weighted by Crippen LogP contribution is 2.33. The highest BCUT2D eigenvalue weighted by Gasteiger charge is 2.35. The molecule has 2 heterocycles. The minimum atomic E-state index is -0.924. The predicted molar refractivity (Wildman–Crippen MR) is 115 cm³/mol. The number of hydrogen-bond donors (Lipinski definition) is 1. The van der Waals surface area contributed by atoms with Crippen LogP contribution in [0.5, 0.6) is 0 Å². The molecule has 5 nitrogen and oxygen atoms in total. The van der Waals surface area contributed by atoms with Crippen molar-refractivity contribution >= 4 is 30.0 Å². The van der Waals surface area contributed by atoms with Crippen molar-refractivity contribution in [1.82, 2.24) is 9.97 Å². The molecule has 0 aliphatic heterocycles. The van der Waals surface area contributed by atoms with E-state index in [9.17, 15) is 5.11 Å². The Kier molecular flexibility index (Phi) is 5.82. The minimum absolute atomic E-state index is 0.432. The summed E-state index contributed by atoms with van der Waals surface area (Å²) >= 11 is 0. The molecular weight excluding hydrogens is 349 g/mol. The summed E-state index contributed by atoms with van der Waals surface area (Å²) in [6, 6.07) is 16.1. The number of nitrogens with zero attached hydrogens (tertiary/aromatic N) is 3. The Balaban J connectivity index is 1.83. The van der Waals surface area contributed by atoms with Gasteiger partial charge in [-0.3, -0.25) is 9.97 Å². The molecule has 0 aliphatic rings. The molecule has 144 valence electrons. The average Bonchev–Trinajstić information content (AvgIpc) is 2.68. The number of hydrogen-bond acceptors (Lipinski definition) is 5. The highest BCUT2D eigenvalue weighted by molar-refractivity contribution is 6.47. The molecule has 0 unspecified atom stereocenters. The van der Waals surface area contributed by atoms with Gasteiger partial charge in [0.05, 0.1) is 11.2 Å². The van der Waals surface area contributed by atoms with Crippen molar-refractivity contribution in [2.45, 2.75) is 38.9 Å². The largest absolute Gasteiger partial charge is 0.427 e. The zero-order valence-electron chi connectivity index (χ0n) is 16.8. The van der Waals surface area contributed by atoms with E-state index in [-0.39, 0.29) is 0 Å². The molecular formula is C22H26BN3O2. The molecule has 2 aromatic heterocycles. The average molecular weight is 375 g/mol. The number of benzene rings is 1. The molecule has 0 bridgehead atoms. The Morgan fingerprint density at radius 1 is 0.750 bits per heavy atom. The van der Waals surface area contributed by atoms with Gasteiger partial charge in [-0.25, -0.2) is 0 Å². The fraction of sp³-hybridized carbons (Fsp3) is 0.273. The molecule has 1 aromatic carbocycles. The van der Waals surface area contributed by atoms with Gasteiger partial charge in [-0.05, 0) is 64.1 Å². The normalized spacial score (nSPS) is 11.9. The number of aliphatic hydroxyl groups is 1. The fourth-order valence-electron chi connectivity index (χ4n) is 2.62. The van der Waals surface area contributed by atoms with Crippen LogP contribution in [-0.2, 0) is 4.65 Å². The summed E-state index contributed by atoms with van der Waals surface area (Å²) in [7, 11) is 0.432. The third-order valence-corrected chi connectivity index (χ3v) is 5.11. The van der Waals surface area contributed by atoms with Crippen molar-refractivity contribution < 1.29 is 9.76 Å². The summed E-state index contributed by atoms with van der Waals surface area (Å²) in [5.41, 5.74) is 2.55. The van der Waals surface area contributed by atoms with Crippen LogP contribution in [0, 0.1) is 0 Å². The van der Waals surface area contributed by atoms with E-state index in [1.807, 2.05) is 50.2 Å². The summed E-state index contributed by atoms with van der Waals surface area (Å²) in [5, 5.41) is 10.3. The second kappa shape index (κ2) is 8.13. The molecule has 0 fully saturated rings. The second-order valence-corrected chi connectivity index (χ2v) is 7.77. The van der Waals surface area contributed by atoms with E-state index < -0.39 is 11.2 Å². The van der Waals surface area contributed by atoms with Gasteiger partial charge in [0.15, 0.2) is 0 Å². The minimum Gasteiger partial charge on any atom is -0.427 e. The number of aromatic nitrogens is 2. The predicted octanol–water partition coefficient (Wildman–Crippen LogP) is 3.49. The van der Waals surface area contributed by atoms with Crippen LogP contribution in [0.4, 0.5) is 17.1 Å². The molecule has 0 aliphatic carbocycles. The van der Waals surface area contributed by atoms with Gasteiger partial charge in [-0.2, -0.15) is 0 Å². The summed E-state index contributed by atoms with van der Waals surface area (Å²) < 4.78 is 5.97. The summed E-state index contributed by atoms with van der Waals surface area (Å²) in [6.45, 7) is 7.32. The molecule has 3 rings (SSSR count). The van der Waals surface area contributed by atoms with Crippen molar-refractivity contribution in [3.05, 3.63) is 73.3 Å². The van der Waals surface area contributed by atoms with E-state index in [1.54, 1.807) is 38.6 Å². The van der Waals surface area contributed by atoms with E-state index in [2.05, 4.69) is 27.0 Å². The molecule has 0 atom stereocenters. The van der Waals surface area contributed by atoms with E-state index >= 15 is 0 Å². The molecule has 6 heteroatoms. The van der Waals surface area contributed by atoms with Crippen LogP contribution < -0.4 is 10.4 Å². The summed E-state index contributed by atoms with van der Waals surface area (Å²) in [5.74, 6) is 0. The van der Waals surface area contributed by atoms with Crippen molar-refractivity contribution in [3.8, 4) is 0 Å². The first-order chi connectivity index (χ1) is 13.3. The molecule has 0 saturated heterocycles. The van der Waals surface area contributed by atoms with Crippen LogP contribution in [0.2, 0.25) is 0 Å². The SMILES string of the molecule is CC(C)(O)C(C)(C)OBc1ccc(N(c2ccncc2)c2ccncc2)cc1. The Morgan fingerprint density at radius 3 is 1.61 bits per heavy atom. The maximum Gasteiger partial charge on any atom is 0.309 e. The van der Waals surface area contributed by atoms with Crippen LogP contribution in [0.25, 0.3) is 0 Å². The smallest absolute Gasteiger partial charge is 0.309 e. The van der Waals surface area contributed by atoms with Gasteiger partial charge in [0.25, 0.3) is 0 Å². The molecule has 3 aromatic rings. The second-order valence-electron chi connectivity index (χ2n) is 7.77. The van der Waals surface area contributed by atoms with Crippen molar-refractivity contribution in [2.75, 3.05) is 4.90 Å². The molecule has 0 spiro atoms. The molecule has 0 saturated carbocycles. The standard InChI is InChI=1S/C22H26BN3O2/c1-21(2,27)22(3,4)28-23-17-5-7-18(8-6-17)26(19-9-13-24-14-10-19)20-11-15-25-16-12-20/h5-16,23,27H,1-4H3. The Labute approximate surface area is 167 Å². The Morgan fingerprint density at radius 2 is 1.18 bits per heavy atom. The number of rotatable bonds is 7. The number of pyridine rings is 2. The summed E-state index contributed by atoms with van der Waals surface area (Å²) in [4.78, 5) is 10.4. The Hall–Kier alpha value is -2.70. The number of anilines is 3. The first kappa shape index (κ1) is 20.0. The Bertz CT molecular complexity index is 840. The zero-order chi connectivity index (χ0) is 20.2. The quantitative estimate of drug-likeness (QED) is 0.641. The van der Waals surface area contributed by atoms with Gasteiger partial charge in [0.2, 0.25) is 0 Å². The van der Waals surface area contributed by atoms with Crippen molar-refractivity contribution in [2.24, 2.45) is 0 Å². The van der Waals surface area contributed by atoms with Gasteiger partial charge < -0.3 is 14.7 Å². The van der Waals surface area contributed by atoms with Crippen LogP contribution in [0.15, 0.2) is 73.3 Å². The molecule has 28 heavy (non-hydrogen) atoms. The fourth-order valence-corrected chi connectivity index (χ4v) is 2.62.